The Morgan fingerprint density at radius 1 is 1.37 bits per heavy atom. The topological polar surface area (TPSA) is 72.4 Å². The van der Waals surface area contributed by atoms with Crippen LogP contribution in [0.1, 0.15) is 25.7 Å². The molecule has 1 aromatic heterocycles. The first-order valence-electron chi connectivity index (χ1n) is 6.44. The monoisotopic (exact) mass is 261 g/mol. The minimum Gasteiger partial charge on any atom is -0.441 e. The minimum absolute atomic E-state index is 0.106. The Hall–Kier alpha value is -1.98. The maximum atomic E-state index is 12.0. The Balaban J connectivity index is 1.75. The van der Waals surface area contributed by atoms with Crippen molar-refractivity contribution in [3.8, 4) is 0 Å². The van der Waals surface area contributed by atoms with E-state index in [1.54, 1.807) is 18.6 Å². The first-order chi connectivity index (χ1) is 9.22. The zero-order chi connectivity index (χ0) is 13.3. The van der Waals surface area contributed by atoms with Crippen molar-refractivity contribution in [1.29, 1.82) is 0 Å². The predicted molar refractivity (Wildman–Crippen MR) is 66.6 cm³/mol. The SMILES string of the molecule is O=CC1CCC2(CC1)CN(c1cnccn1)C(=O)O2. The Bertz CT molecular complexity index is 483. The molecule has 2 aliphatic rings. The van der Waals surface area contributed by atoms with Gasteiger partial charge >= 0.3 is 6.09 Å². The lowest BCUT2D eigenvalue weighted by atomic mass is 9.79. The largest absolute Gasteiger partial charge is 0.441 e. The van der Waals surface area contributed by atoms with E-state index >= 15 is 0 Å². The number of hydrogen-bond donors (Lipinski definition) is 0. The maximum Gasteiger partial charge on any atom is 0.416 e. The van der Waals surface area contributed by atoms with E-state index in [4.69, 9.17) is 4.74 Å². The van der Waals surface area contributed by atoms with E-state index in [9.17, 15) is 9.59 Å². The van der Waals surface area contributed by atoms with Gasteiger partial charge < -0.3 is 9.53 Å². The van der Waals surface area contributed by atoms with Crippen LogP contribution >= 0.6 is 0 Å². The average Bonchev–Trinajstić information content (AvgIpc) is 2.77. The fourth-order valence-corrected chi connectivity index (χ4v) is 2.79. The standard InChI is InChI=1S/C13H15N3O3/c17-8-10-1-3-13(4-2-10)9-16(12(18)19-13)11-7-14-5-6-15-11/h5-8,10H,1-4,9H2. The van der Waals surface area contributed by atoms with Crippen LogP contribution in [-0.2, 0) is 9.53 Å². The van der Waals surface area contributed by atoms with Crippen LogP contribution < -0.4 is 4.90 Å². The van der Waals surface area contributed by atoms with Gasteiger partial charge in [0, 0.05) is 18.3 Å². The summed E-state index contributed by atoms with van der Waals surface area (Å²) in [6.45, 7) is 0.496. The Labute approximate surface area is 110 Å². The number of anilines is 1. The van der Waals surface area contributed by atoms with E-state index in [0.29, 0.717) is 12.4 Å². The summed E-state index contributed by atoms with van der Waals surface area (Å²) in [5.74, 6) is 0.622. The lowest BCUT2D eigenvalue weighted by Crippen LogP contribution is -2.39. The molecule has 100 valence electrons. The molecule has 0 unspecified atom stereocenters. The molecule has 1 aliphatic heterocycles. The lowest BCUT2D eigenvalue weighted by molar-refractivity contribution is -0.113. The fraction of sp³-hybridized carbons (Fsp3) is 0.538. The molecule has 1 saturated carbocycles. The molecule has 1 amide bonds. The van der Waals surface area contributed by atoms with Gasteiger partial charge in [0.25, 0.3) is 0 Å². The zero-order valence-electron chi connectivity index (χ0n) is 10.5. The van der Waals surface area contributed by atoms with Gasteiger partial charge in [0.05, 0.1) is 12.7 Å². The van der Waals surface area contributed by atoms with Crippen LogP contribution in [0.25, 0.3) is 0 Å². The number of ether oxygens (including phenoxy) is 1. The van der Waals surface area contributed by atoms with Crippen molar-refractivity contribution in [3.63, 3.8) is 0 Å². The van der Waals surface area contributed by atoms with Gasteiger partial charge in [-0.1, -0.05) is 0 Å². The molecule has 3 rings (SSSR count). The number of aromatic nitrogens is 2. The number of carbonyl (C=O) groups is 2. The molecule has 0 atom stereocenters. The number of carbonyl (C=O) groups excluding carboxylic acids is 2. The highest BCUT2D eigenvalue weighted by atomic mass is 16.6. The third-order valence-corrected chi connectivity index (χ3v) is 3.93. The van der Waals surface area contributed by atoms with Gasteiger partial charge in [-0.3, -0.25) is 9.88 Å². The lowest BCUT2D eigenvalue weighted by Gasteiger charge is -2.33. The van der Waals surface area contributed by atoms with Crippen LogP contribution in [0.5, 0.6) is 0 Å². The molecule has 6 nitrogen and oxygen atoms in total. The normalized spacial score (nSPS) is 30.4. The predicted octanol–water partition coefficient (Wildman–Crippen LogP) is 1.56. The molecule has 0 N–H and O–H groups in total. The highest BCUT2D eigenvalue weighted by Gasteiger charge is 2.48. The number of rotatable bonds is 2. The molecule has 0 radical (unpaired) electrons. The van der Waals surface area contributed by atoms with E-state index in [0.717, 1.165) is 32.0 Å². The maximum absolute atomic E-state index is 12.0. The van der Waals surface area contributed by atoms with Crippen molar-refractivity contribution in [1.82, 2.24) is 9.97 Å². The molecule has 1 saturated heterocycles. The Morgan fingerprint density at radius 3 is 2.79 bits per heavy atom. The van der Waals surface area contributed by atoms with E-state index in [1.165, 1.54) is 4.90 Å². The number of hydrogen-bond acceptors (Lipinski definition) is 5. The summed E-state index contributed by atoms with van der Waals surface area (Å²) in [6, 6.07) is 0. The van der Waals surface area contributed by atoms with Crippen LogP contribution in [-0.4, -0.2) is 34.5 Å². The van der Waals surface area contributed by atoms with Crippen molar-refractivity contribution in [2.45, 2.75) is 31.3 Å². The quantitative estimate of drug-likeness (QED) is 0.755. The van der Waals surface area contributed by atoms with Gasteiger partial charge in [0.2, 0.25) is 0 Å². The van der Waals surface area contributed by atoms with Gasteiger partial charge in [0.1, 0.15) is 11.9 Å². The summed E-state index contributed by atoms with van der Waals surface area (Å²) in [4.78, 5) is 32.4. The smallest absolute Gasteiger partial charge is 0.416 e. The molecular formula is C13H15N3O3. The highest BCUT2D eigenvalue weighted by molar-refractivity contribution is 5.89. The van der Waals surface area contributed by atoms with E-state index < -0.39 is 5.60 Å². The highest BCUT2D eigenvalue weighted by Crippen LogP contribution is 2.39. The molecule has 1 aromatic rings. The number of amides is 1. The third kappa shape index (κ3) is 2.18. The first kappa shape index (κ1) is 12.1. The summed E-state index contributed by atoms with van der Waals surface area (Å²) in [7, 11) is 0. The van der Waals surface area contributed by atoms with Crippen molar-refractivity contribution in [3.05, 3.63) is 18.6 Å². The third-order valence-electron chi connectivity index (χ3n) is 3.93. The summed E-state index contributed by atoms with van der Waals surface area (Å²) in [5, 5.41) is 0. The van der Waals surface area contributed by atoms with Gasteiger partial charge in [0.15, 0.2) is 5.82 Å². The minimum atomic E-state index is -0.450. The molecule has 6 heteroatoms. The second kappa shape index (κ2) is 4.60. The van der Waals surface area contributed by atoms with Gasteiger partial charge in [-0.15, -0.1) is 0 Å². The molecule has 2 heterocycles. The van der Waals surface area contributed by atoms with Crippen LogP contribution in [0, 0.1) is 5.92 Å². The summed E-state index contributed by atoms with van der Waals surface area (Å²) in [6.07, 6.45) is 8.34. The first-order valence-corrected chi connectivity index (χ1v) is 6.44. The second-order valence-corrected chi connectivity index (χ2v) is 5.17. The zero-order valence-corrected chi connectivity index (χ0v) is 10.5. The summed E-state index contributed by atoms with van der Waals surface area (Å²) >= 11 is 0. The van der Waals surface area contributed by atoms with E-state index in [-0.39, 0.29) is 12.0 Å². The van der Waals surface area contributed by atoms with Crippen LogP contribution in [0.15, 0.2) is 18.6 Å². The summed E-state index contributed by atoms with van der Waals surface area (Å²) < 4.78 is 5.55. The van der Waals surface area contributed by atoms with Crippen molar-refractivity contribution >= 4 is 18.2 Å². The molecular weight excluding hydrogens is 246 g/mol. The van der Waals surface area contributed by atoms with Crippen LogP contribution in [0.2, 0.25) is 0 Å². The Kier molecular flexibility index (Phi) is 2.93. The molecule has 19 heavy (non-hydrogen) atoms. The number of nitrogens with zero attached hydrogens (tertiary/aromatic N) is 3. The molecule has 1 aliphatic carbocycles. The average molecular weight is 261 g/mol. The number of aldehydes is 1. The molecule has 1 spiro atoms. The summed E-state index contributed by atoms with van der Waals surface area (Å²) in [5.41, 5.74) is -0.450. The van der Waals surface area contributed by atoms with Crippen molar-refractivity contribution < 1.29 is 14.3 Å². The Morgan fingerprint density at radius 2 is 2.16 bits per heavy atom. The van der Waals surface area contributed by atoms with E-state index in [2.05, 4.69) is 9.97 Å². The molecule has 2 fully saturated rings. The second-order valence-electron chi connectivity index (χ2n) is 5.17. The van der Waals surface area contributed by atoms with Crippen molar-refractivity contribution in [2.75, 3.05) is 11.4 Å². The van der Waals surface area contributed by atoms with Gasteiger partial charge in [-0.25, -0.2) is 9.78 Å². The van der Waals surface area contributed by atoms with Crippen LogP contribution in [0.4, 0.5) is 10.6 Å². The fourth-order valence-electron chi connectivity index (χ4n) is 2.79. The van der Waals surface area contributed by atoms with Gasteiger partial charge in [-0.2, -0.15) is 0 Å². The van der Waals surface area contributed by atoms with Gasteiger partial charge in [-0.05, 0) is 25.7 Å². The van der Waals surface area contributed by atoms with E-state index in [1.807, 2.05) is 0 Å². The molecule has 0 bridgehead atoms. The van der Waals surface area contributed by atoms with Crippen LogP contribution in [0.3, 0.4) is 0 Å². The molecule has 0 aromatic carbocycles. The van der Waals surface area contributed by atoms with Crippen molar-refractivity contribution in [2.24, 2.45) is 5.92 Å².